The first-order valence-electron chi connectivity index (χ1n) is 6.08. The van der Waals surface area contributed by atoms with Gasteiger partial charge in [-0.15, -0.1) is 0 Å². The van der Waals surface area contributed by atoms with Gasteiger partial charge >= 0.3 is 5.97 Å². The van der Waals surface area contributed by atoms with Crippen LogP contribution in [0.3, 0.4) is 0 Å². The average Bonchev–Trinajstić information content (AvgIpc) is 2.32. The Morgan fingerprint density at radius 1 is 1.42 bits per heavy atom. The number of nitro groups is 1. The third kappa shape index (κ3) is 5.33. The number of carboxylic acid groups (broad SMARTS) is 1. The summed E-state index contributed by atoms with van der Waals surface area (Å²) >= 11 is 0. The quantitative estimate of drug-likeness (QED) is 0.425. The Morgan fingerprint density at radius 3 is 2.74 bits per heavy atom. The Morgan fingerprint density at radius 2 is 2.16 bits per heavy atom. The molecule has 0 saturated carbocycles. The molecule has 0 atom stereocenters. The summed E-state index contributed by atoms with van der Waals surface area (Å²) in [4.78, 5) is 24.5. The number of hydrogen-bond acceptors (Lipinski definition) is 5. The van der Waals surface area contributed by atoms with Gasteiger partial charge in [-0.3, -0.25) is 14.9 Å². The van der Waals surface area contributed by atoms with Gasteiger partial charge in [0.25, 0.3) is 5.69 Å². The molecular weight excluding hydrogens is 250 g/mol. The molecule has 1 rings (SSSR count). The fourth-order valence-corrected chi connectivity index (χ4v) is 1.64. The van der Waals surface area contributed by atoms with Crippen LogP contribution in [0.25, 0.3) is 0 Å². The second-order valence-corrected chi connectivity index (χ2v) is 4.19. The molecule has 0 aliphatic carbocycles. The largest absolute Gasteiger partial charge is 0.481 e. The van der Waals surface area contributed by atoms with E-state index in [1.54, 1.807) is 13.0 Å². The predicted octanol–water partition coefficient (Wildman–Crippen LogP) is 2.36. The van der Waals surface area contributed by atoms with Crippen molar-refractivity contribution in [3.8, 4) is 0 Å². The number of nitrogens with one attached hydrogen (secondary N) is 1. The Kier molecular flexibility index (Phi) is 5.72. The molecule has 7 nitrogen and oxygen atoms in total. The SMILES string of the molecule is Cc1nc(NCCCCCC(=O)O)ccc1[N+](=O)[O-]. The van der Waals surface area contributed by atoms with E-state index < -0.39 is 10.9 Å². The molecule has 7 heteroatoms. The van der Waals surface area contributed by atoms with Gasteiger partial charge in [-0.1, -0.05) is 6.42 Å². The van der Waals surface area contributed by atoms with Gasteiger partial charge in [-0.05, 0) is 25.8 Å². The maximum absolute atomic E-state index is 10.6. The lowest BCUT2D eigenvalue weighted by molar-refractivity contribution is -0.385. The Labute approximate surface area is 110 Å². The van der Waals surface area contributed by atoms with Crippen LogP contribution in [0.5, 0.6) is 0 Å². The first-order chi connectivity index (χ1) is 9.00. The van der Waals surface area contributed by atoms with Crippen molar-refractivity contribution in [2.45, 2.75) is 32.6 Å². The van der Waals surface area contributed by atoms with Crippen molar-refractivity contribution in [1.29, 1.82) is 0 Å². The Bertz CT molecular complexity index is 462. The van der Waals surface area contributed by atoms with Crippen LogP contribution >= 0.6 is 0 Å². The number of hydrogen-bond donors (Lipinski definition) is 2. The molecule has 1 aromatic heterocycles. The lowest BCUT2D eigenvalue weighted by Crippen LogP contribution is -2.05. The number of rotatable bonds is 8. The van der Waals surface area contributed by atoms with Crippen LogP contribution in [-0.4, -0.2) is 27.5 Å². The first-order valence-corrected chi connectivity index (χ1v) is 6.08. The van der Waals surface area contributed by atoms with Gasteiger partial charge in [0.1, 0.15) is 11.5 Å². The molecule has 0 amide bonds. The summed E-state index contributed by atoms with van der Waals surface area (Å²) in [7, 11) is 0. The van der Waals surface area contributed by atoms with Crippen LogP contribution in [0.2, 0.25) is 0 Å². The highest BCUT2D eigenvalue weighted by atomic mass is 16.6. The fraction of sp³-hybridized carbons (Fsp3) is 0.500. The summed E-state index contributed by atoms with van der Waals surface area (Å²) in [5.74, 6) is -0.179. The minimum Gasteiger partial charge on any atom is -0.481 e. The van der Waals surface area contributed by atoms with Gasteiger partial charge in [0, 0.05) is 19.0 Å². The second-order valence-electron chi connectivity index (χ2n) is 4.19. The van der Waals surface area contributed by atoms with E-state index in [2.05, 4.69) is 10.3 Å². The molecule has 0 fully saturated rings. The van der Waals surface area contributed by atoms with Crippen LogP contribution < -0.4 is 5.32 Å². The molecule has 0 aliphatic heterocycles. The fourth-order valence-electron chi connectivity index (χ4n) is 1.64. The van der Waals surface area contributed by atoms with Crippen molar-refractivity contribution in [2.24, 2.45) is 0 Å². The Hall–Kier alpha value is -2.18. The summed E-state index contributed by atoms with van der Waals surface area (Å²) < 4.78 is 0. The lowest BCUT2D eigenvalue weighted by atomic mass is 10.2. The molecule has 2 N–H and O–H groups in total. The topological polar surface area (TPSA) is 105 Å². The maximum Gasteiger partial charge on any atom is 0.303 e. The van der Waals surface area contributed by atoms with E-state index in [1.165, 1.54) is 6.07 Å². The molecule has 1 aromatic rings. The summed E-state index contributed by atoms with van der Waals surface area (Å²) in [5, 5.41) is 22.1. The average molecular weight is 267 g/mol. The van der Waals surface area contributed by atoms with Gasteiger partial charge in [0.15, 0.2) is 0 Å². The van der Waals surface area contributed by atoms with E-state index in [1.807, 2.05) is 0 Å². The zero-order valence-corrected chi connectivity index (χ0v) is 10.8. The zero-order chi connectivity index (χ0) is 14.3. The molecule has 1 heterocycles. The number of unbranched alkanes of at least 4 members (excludes halogenated alkanes) is 2. The van der Waals surface area contributed by atoms with Crippen LogP contribution in [0.1, 0.15) is 31.4 Å². The van der Waals surface area contributed by atoms with E-state index in [0.717, 1.165) is 12.8 Å². The summed E-state index contributed by atoms with van der Waals surface area (Å²) in [5.41, 5.74) is 0.382. The molecule has 0 unspecified atom stereocenters. The van der Waals surface area contributed by atoms with Gasteiger partial charge < -0.3 is 10.4 Å². The van der Waals surface area contributed by atoms with Crippen LogP contribution in [-0.2, 0) is 4.79 Å². The van der Waals surface area contributed by atoms with Crippen molar-refractivity contribution >= 4 is 17.5 Å². The van der Waals surface area contributed by atoms with Gasteiger partial charge in [0.05, 0.1) is 4.92 Å². The molecule has 0 saturated heterocycles. The second kappa shape index (κ2) is 7.30. The van der Waals surface area contributed by atoms with Crippen molar-refractivity contribution < 1.29 is 14.8 Å². The third-order valence-electron chi connectivity index (χ3n) is 2.63. The molecule has 0 aliphatic rings. The smallest absolute Gasteiger partial charge is 0.303 e. The highest BCUT2D eigenvalue weighted by molar-refractivity contribution is 5.66. The number of aromatic nitrogens is 1. The third-order valence-corrected chi connectivity index (χ3v) is 2.63. The Balaban J connectivity index is 2.32. The number of aryl methyl sites for hydroxylation is 1. The molecule has 0 aromatic carbocycles. The molecule has 0 radical (unpaired) electrons. The normalized spacial score (nSPS) is 10.2. The monoisotopic (exact) mass is 267 g/mol. The van der Waals surface area contributed by atoms with Crippen molar-refractivity contribution in [3.63, 3.8) is 0 Å². The van der Waals surface area contributed by atoms with Crippen molar-refractivity contribution in [3.05, 3.63) is 27.9 Å². The number of pyridine rings is 1. The summed E-state index contributed by atoms with van der Waals surface area (Å²) in [6.45, 7) is 2.26. The van der Waals surface area contributed by atoms with Gasteiger partial charge in [-0.25, -0.2) is 4.98 Å². The number of anilines is 1. The van der Waals surface area contributed by atoms with Gasteiger partial charge in [-0.2, -0.15) is 0 Å². The van der Waals surface area contributed by atoms with Crippen LogP contribution in [0, 0.1) is 17.0 Å². The lowest BCUT2D eigenvalue weighted by Gasteiger charge is -2.06. The summed E-state index contributed by atoms with van der Waals surface area (Å²) in [6.07, 6.45) is 2.51. The van der Waals surface area contributed by atoms with Crippen molar-refractivity contribution in [1.82, 2.24) is 4.98 Å². The van der Waals surface area contributed by atoms with E-state index >= 15 is 0 Å². The van der Waals surface area contributed by atoms with Crippen LogP contribution in [0.4, 0.5) is 11.5 Å². The minimum atomic E-state index is -0.777. The van der Waals surface area contributed by atoms with Gasteiger partial charge in [0.2, 0.25) is 0 Å². The highest BCUT2D eigenvalue weighted by Gasteiger charge is 2.11. The molecular formula is C12H17N3O4. The standard InChI is InChI=1S/C12H17N3O4/c1-9-10(15(18)19)6-7-11(14-9)13-8-4-2-3-5-12(16)17/h6-7H,2-5,8H2,1H3,(H,13,14)(H,16,17). The summed E-state index contributed by atoms with van der Waals surface area (Å²) in [6, 6.07) is 3.00. The molecule has 104 valence electrons. The zero-order valence-electron chi connectivity index (χ0n) is 10.8. The van der Waals surface area contributed by atoms with E-state index in [4.69, 9.17) is 5.11 Å². The number of carboxylic acids is 1. The van der Waals surface area contributed by atoms with Crippen LogP contribution in [0.15, 0.2) is 12.1 Å². The molecule has 19 heavy (non-hydrogen) atoms. The maximum atomic E-state index is 10.6. The van der Waals surface area contributed by atoms with Crippen molar-refractivity contribution in [2.75, 3.05) is 11.9 Å². The highest BCUT2D eigenvalue weighted by Crippen LogP contribution is 2.17. The first kappa shape index (κ1) is 14.9. The van der Waals surface area contributed by atoms with E-state index in [0.29, 0.717) is 24.5 Å². The molecule has 0 spiro atoms. The van der Waals surface area contributed by atoms with E-state index in [9.17, 15) is 14.9 Å². The number of carbonyl (C=O) groups is 1. The van der Waals surface area contributed by atoms with E-state index in [-0.39, 0.29) is 12.1 Å². The number of aliphatic carboxylic acids is 1. The number of nitrogens with zero attached hydrogens (tertiary/aromatic N) is 2. The minimum absolute atomic E-state index is 0.00649. The molecule has 0 bridgehead atoms. The predicted molar refractivity (Wildman–Crippen MR) is 70.2 cm³/mol.